The molecule has 0 spiro atoms. The average Bonchev–Trinajstić information content (AvgIpc) is 3.06. The summed E-state index contributed by atoms with van der Waals surface area (Å²) >= 11 is 0. The second-order valence-electron chi connectivity index (χ2n) is 5.83. The Labute approximate surface area is 157 Å². The standard InChI is InChI=1S/C15H18FN3O9/c1-7(20)25-11-10(6-16)28-14(18-5-4-17-15(18)19(23)24)13(27-9(3)22)12(11)26-8(2)21/h4-5,10-14H,6H2,1-3H3/t10-,11+,12+,13-,14-/m1/s1/i16-1. The maximum absolute atomic E-state index is 13.6. The third-order valence-corrected chi connectivity index (χ3v) is 3.75. The zero-order chi connectivity index (χ0) is 21.0. The monoisotopic (exact) mass is 402 g/mol. The topological polar surface area (TPSA) is 149 Å². The fraction of sp³-hybridized carbons (Fsp3) is 0.600. The first-order valence-corrected chi connectivity index (χ1v) is 8.06. The van der Waals surface area contributed by atoms with E-state index in [4.69, 9.17) is 18.9 Å². The number of nitrogens with zero attached hydrogens (tertiary/aromatic N) is 3. The molecular weight excluding hydrogens is 384 g/mol. The van der Waals surface area contributed by atoms with Crippen LogP contribution in [0.5, 0.6) is 0 Å². The van der Waals surface area contributed by atoms with Crippen LogP contribution in [0.3, 0.4) is 0 Å². The van der Waals surface area contributed by atoms with E-state index < -0.39 is 66.1 Å². The van der Waals surface area contributed by atoms with Gasteiger partial charge in [0.05, 0.1) is 0 Å². The molecular formula is C15H18FN3O9. The van der Waals surface area contributed by atoms with Crippen LogP contribution in [0.25, 0.3) is 0 Å². The Morgan fingerprint density at radius 3 is 2.18 bits per heavy atom. The summed E-state index contributed by atoms with van der Waals surface area (Å²) in [5.74, 6) is -3.17. The van der Waals surface area contributed by atoms with Gasteiger partial charge < -0.3 is 29.1 Å². The number of nitro groups is 1. The maximum atomic E-state index is 13.6. The van der Waals surface area contributed by atoms with E-state index in [9.17, 15) is 28.9 Å². The molecule has 1 aliphatic rings. The lowest BCUT2D eigenvalue weighted by Crippen LogP contribution is -2.60. The van der Waals surface area contributed by atoms with Crippen LogP contribution in [-0.2, 0) is 33.3 Å². The average molecular weight is 402 g/mol. The molecule has 2 rings (SSSR count). The Kier molecular flexibility index (Phi) is 6.62. The first kappa shape index (κ1) is 21.2. The minimum atomic E-state index is -1.48. The van der Waals surface area contributed by atoms with Crippen LogP contribution < -0.4 is 0 Å². The van der Waals surface area contributed by atoms with Gasteiger partial charge in [0, 0.05) is 20.8 Å². The van der Waals surface area contributed by atoms with Crippen molar-refractivity contribution in [2.75, 3.05) is 6.67 Å². The summed E-state index contributed by atoms with van der Waals surface area (Å²) in [5, 5.41) is 11.2. The number of esters is 3. The van der Waals surface area contributed by atoms with Crippen molar-refractivity contribution >= 4 is 23.9 Å². The summed E-state index contributed by atoms with van der Waals surface area (Å²) in [6, 6.07) is 0. The van der Waals surface area contributed by atoms with E-state index in [1.807, 2.05) is 0 Å². The fourth-order valence-electron chi connectivity index (χ4n) is 2.87. The number of halogens is 1. The molecule has 0 aliphatic carbocycles. The minimum absolute atomic E-state index is 0.674. The molecule has 0 saturated carbocycles. The summed E-state index contributed by atoms with van der Waals surface area (Å²) in [6.45, 7) is 1.96. The van der Waals surface area contributed by atoms with Crippen LogP contribution in [0.15, 0.2) is 12.4 Å². The molecule has 0 radical (unpaired) electrons. The maximum Gasteiger partial charge on any atom is 0.436 e. The quantitative estimate of drug-likeness (QED) is 0.284. The van der Waals surface area contributed by atoms with Gasteiger partial charge in [-0.3, -0.25) is 14.4 Å². The molecule has 13 heteroatoms. The zero-order valence-electron chi connectivity index (χ0n) is 15.1. The van der Waals surface area contributed by atoms with E-state index >= 15 is 0 Å². The zero-order valence-corrected chi connectivity index (χ0v) is 15.1. The number of imidazole rings is 1. The van der Waals surface area contributed by atoms with Gasteiger partial charge >= 0.3 is 23.9 Å². The molecule has 5 atom stereocenters. The van der Waals surface area contributed by atoms with E-state index in [0.717, 1.165) is 37.7 Å². The van der Waals surface area contributed by atoms with Gasteiger partial charge in [0.15, 0.2) is 12.2 Å². The molecule has 154 valence electrons. The summed E-state index contributed by atoms with van der Waals surface area (Å²) in [6.07, 6.45) is -5.08. The predicted molar refractivity (Wildman–Crippen MR) is 85.4 cm³/mol. The summed E-state index contributed by atoms with van der Waals surface area (Å²) in [4.78, 5) is 48.6. The van der Waals surface area contributed by atoms with Gasteiger partial charge in [-0.1, -0.05) is 4.98 Å². The summed E-state index contributed by atoms with van der Waals surface area (Å²) in [7, 11) is 0. The normalized spacial score (nSPS) is 26.9. The lowest BCUT2D eigenvalue weighted by Gasteiger charge is -2.42. The van der Waals surface area contributed by atoms with Gasteiger partial charge in [-0.25, -0.2) is 4.39 Å². The minimum Gasteiger partial charge on any atom is -0.456 e. The Bertz CT molecular complexity index is 768. The molecule has 0 bridgehead atoms. The third-order valence-electron chi connectivity index (χ3n) is 3.75. The van der Waals surface area contributed by atoms with Crippen LogP contribution in [0.1, 0.15) is 27.0 Å². The Morgan fingerprint density at radius 1 is 1.14 bits per heavy atom. The Hall–Kier alpha value is -3.09. The van der Waals surface area contributed by atoms with E-state index in [-0.39, 0.29) is 0 Å². The summed E-state index contributed by atoms with van der Waals surface area (Å²) in [5.41, 5.74) is 0. The van der Waals surface area contributed by atoms with E-state index in [1.54, 1.807) is 0 Å². The van der Waals surface area contributed by atoms with E-state index in [2.05, 4.69) is 4.98 Å². The molecule has 12 nitrogen and oxygen atoms in total. The van der Waals surface area contributed by atoms with Gasteiger partial charge in [0.1, 0.15) is 25.2 Å². The molecule has 2 heterocycles. The predicted octanol–water partition coefficient (Wildman–Crippen LogP) is 0.453. The Morgan fingerprint density at radius 2 is 1.68 bits per heavy atom. The van der Waals surface area contributed by atoms with Crippen LogP contribution in [0, 0.1) is 10.1 Å². The second kappa shape index (κ2) is 8.73. The van der Waals surface area contributed by atoms with Crippen molar-refractivity contribution in [1.82, 2.24) is 9.55 Å². The molecule has 0 aromatic carbocycles. The number of hydrogen-bond acceptors (Lipinski definition) is 10. The number of alkyl halides is 1. The smallest absolute Gasteiger partial charge is 0.436 e. The van der Waals surface area contributed by atoms with Gasteiger partial charge in [0.25, 0.3) is 0 Å². The first-order chi connectivity index (χ1) is 13.1. The molecule has 0 N–H and O–H groups in total. The number of carbonyl (C=O) groups excluding carboxylic acids is 3. The molecule has 1 aliphatic heterocycles. The second-order valence-corrected chi connectivity index (χ2v) is 5.83. The summed E-state index contributed by atoms with van der Waals surface area (Å²) < 4.78 is 35.4. The van der Waals surface area contributed by atoms with Crippen molar-refractivity contribution in [3.63, 3.8) is 0 Å². The van der Waals surface area contributed by atoms with Crippen molar-refractivity contribution in [1.29, 1.82) is 0 Å². The van der Waals surface area contributed by atoms with Crippen LogP contribution in [-0.4, -0.2) is 63.5 Å². The van der Waals surface area contributed by atoms with Crippen molar-refractivity contribution in [3.8, 4) is 0 Å². The lowest BCUT2D eigenvalue weighted by atomic mass is 9.97. The number of aromatic nitrogens is 2. The molecule has 0 amide bonds. The van der Waals surface area contributed by atoms with Gasteiger partial charge in [-0.15, -0.1) is 0 Å². The van der Waals surface area contributed by atoms with Gasteiger partial charge in [-0.2, -0.15) is 4.57 Å². The van der Waals surface area contributed by atoms with Crippen molar-refractivity contribution in [2.45, 2.75) is 51.4 Å². The number of ether oxygens (including phenoxy) is 4. The van der Waals surface area contributed by atoms with Gasteiger partial charge in [-0.05, 0) is 4.92 Å². The fourth-order valence-corrected chi connectivity index (χ4v) is 2.87. The highest BCUT2D eigenvalue weighted by Crippen LogP contribution is 2.36. The molecule has 1 aromatic heterocycles. The first-order valence-electron chi connectivity index (χ1n) is 8.06. The lowest BCUT2D eigenvalue weighted by molar-refractivity contribution is -0.400. The van der Waals surface area contributed by atoms with Crippen LogP contribution in [0.2, 0.25) is 0 Å². The highest BCUT2D eigenvalue weighted by molar-refractivity contribution is 5.68. The van der Waals surface area contributed by atoms with E-state index in [1.165, 1.54) is 0 Å². The van der Waals surface area contributed by atoms with Crippen molar-refractivity contribution in [3.05, 3.63) is 22.5 Å². The van der Waals surface area contributed by atoms with Gasteiger partial charge in [0.2, 0.25) is 12.3 Å². The molecule has 28 heavy (non-hydrogen) atoms. The SMILES string of the molecule is CC(=O)O[C@@H]1[C@@H](OC(C)=O)[C@H](n2ccnc2[N+](=O)[O-])O[C@H](C[18F])[C@@H]1OC(C)=O. The third kappa shape index (κ3) is 4.60. The molecule has 1 fully saturated rings. The molecule has 1 aromatic rings. The largest absolute Gasteiger partial charge is 0.456 e. The molecule has 0 unspecified atom stereocenters. The Balaban J connectivity index is 2.55. The van der Waals surface area contributed by atoms with E-state index in [0.29, 0.717) is 0 Å². The number of rotatable bonds is 6. The van der Waals surface area contributed by atoms with Crippen molar-refractivity contribution in [2.24, 2.45) is 0 Å². The highest BCUT2D eigenvalue weighted by atomic mass is 18.2. The number of carbonyl (C=O) groups is 3. The van der Waals surface area contributed by atoms with Crippen molar-refractivity contribution < 1.29 is 42.6 Å². The highest BCUT2D eigenvalue weighted by Gasteiger charge is 2.54. The number of hydrogen-bond donors (Lipinski definition) is 0. The van der Waals surface area contributed by atoms with Crippen LogP contribution in [0.4, 0.5) is 10.3 Å². The van der Waals surface area contributed by atoms with Crippen LogP contribution >= 0.6 is 0 Å². The molecule has 1 saturated heterocycles.